The molecule has 0 saturated heterocycles. The molecule has 6 nitrogen and oxygen atoms in total. The number of furan rings is 1. The molecule has 0 aliphatic carbocycles. The predicted octanol–water partition coefficient (Wildman–Crippen LogP) is 4.91. The molecule has 0 fully saturated rings. The number of fused-ring (bicyclic) bond motifs is 4. The van der Waals surface area contributed by atoms with E-state index in [-0.39, 0.29) is 4.64 Å². The normalized spacial score (nSPS) is 11.2. The Hall–Kier alpha value is -3.11. The van der Waals surface area contributed by atoms with Crippen molar-refractivity contribution in [3.63, 3.8) is 0 Å². The molecule has 2 aliphatic heterocycles. The Balaban J connectivity index is 2.39. The minimum atomic E-state index is 0.248. The molecule has 0 bridgehead atoms. The van der Waals surface area contributed by atoms with Crippen molar-refractivity contribution in [1.29, 1.82) is 5.26 Å². The van der Waals surface area contributed by atoms with E-state index in [4.69, 9.17) is 30.5 Å². The lowest BCUT2D eigenvalue weighted by Gasteiger charge is -2.18. The fraction of sp³-hybridized carbons (Fsp3) is 0.211. The first-order valence-corrected chi connectivity index (χ1v) is 8.23. The van der Waals surface area contributed by atoms with E-state index in [0.29, 0.717) is 45.1 Å². The molecule has 0 unspecified atom stereocenters. The van der Waals surface area contributed by atoms with E-state index >= 15 is 0 Å². The van der Waals surface area contributed by atoms with E-state index in [0.717, 1.165) is 16.5 Å². The molecule has 0 radical (unpaired) electrons. The molecule has 0 amide bonds. The molecule has 0 atom stereocenters. The summed E-state index contributed by atoms with van der Waals surface area (Å²) >= 11 is 5.34. The molecule has 4 rings (SSSR count). The monoisotopic (exact) mass is 366 g/mol. The highest BCUT2D eigenvalue weighted by Gasteiger charge is 2.28. The zero-order valence-corrected chi connectivity index (χ0v) is 15.4. The van der Waals surface area contributed by atoms with Crippen LogP contribution in [0.5, 0.6) is 11.5 Å². The summed E-state index contributed by atoms with van der Waals surface area (Å²) < 4.78 is 23.1. The smallest absolute Gasteiger partial charge is 0.206 e. The maximum absolute atomic E-state index is 9.42. The Bertz CT molecular complexity index is 1260. The number of methoxy groups -OCH3 is 2. The molecule has 3 heterocycles. The maximum Gasteiger partial charge on any atom is 0.206 e. The summed E-state index contributed by atoms with van der Waals surface area (Å²) in [5, 5.41) is 10.8. The van der Waals surface area contributed by atoms with Crippen molar-refractivity contribution in [3.05, 3.63) is 33.9 Å². The Morgan fingerprint density at radius 3 is 2.54 bits per heavy atom. The Morgan fingerprint density at radius 1 is 1.15 bits per heavy atom. The number of aromatic nitrogens is 1. The minimum absolute atomic E-state index is 0.248. The van der Waals surface area contributed by atoms with E-state index < -0.39 is 0 Å². The van der Waals surface area contributed by atoms with Gasteiger partial charge in [-0.1, -0.05) is 12.2 Å². The summed E-state index contributed by atoms with van der Waals surface area (Å²) in [6.45, 7) is 3.66. The SMILES string of the molecule is COc1c2occc2c(OC)c2c3nc(=S)c(C#N)c(C)c-3c(C)oc12. The molecule has 26 heavy (non-hydrogen) atoms. The fourth-order valence-corrected chi connectivity index (χ4v) is 3.74. The van der Waals surface area contributed by atoms with Crippen LogP contribution in [0.4, 0.5) is 0 Å². The topological polar surface area (TPSA) is 81.4 Å². The van der Waals surface area contributed by atoms with Crippen LogP contribution in [-0.4, -0.2) is 19.2 Å². The molecule has 0 spiro atoms. The number of hydrogen-bond donors (Lipinski definition) is 0. The molecule has 1 aromatic heterocycles. The molecule has 7 heteroatoms. The molecule has 0 saturated carbocycles. The van der Waals surface area contributed by atoms with Gasteiger partial charge in [0.25, 0.3) is 0 Å². The van der Waals surface area contributed by atoms with Crippen LogP contribution in [0.25, 0.3) is 33.2 Å². The maximum atomic E-state index is 9.42. The third-order valence-electron chi connectivity index (χ3n) is 4.55. The van der Waals surface area contributed by atoms with E-state index in [2.05, 4.69) is 11.1 Å². The van der Waals surface area contributed by atoms with Crippen molar-refractivity contribution in [2.24, 2.45) is 0 Å². The Morgan fingerprint density at radius 2 is 1.88 bits per heavy atom. The molecular formula is C19H14N2O4S. The molecule has 130 valence electrons. The lowest BCUT2D eigenvalue weighted by molar-refractivity contribution is 0.399. The first-order chi connectivity index (χ1) is 12.5. The minimum Gasteiger partial charge on any atom is -0.495 e. The Labute approximate surface area is 153 Å². The highest BCUT2D eigenvalue weighted by molar-refractivity contribution is 7.71. The van der Waals surface area contributed by atoms with Crippen LogP contribution in [0.3, 0.4) is 0 Å². The van der Waals surface area contributed by atoms with E-state index in [1.165, 1.54) is 0 Å². The Kier molecular flexibility index (Phi) is 3.60. The summed E-state index contributed by atoms with van der Waals surface area (Å²) in [6.07, 6.45) is 1.56. The zero-order valence-electron chi connectivity index (χ0n) is 14.6. The van der Waals surface area contributed by atoms with Gasteiger partial charge in [-0.25, -0.2) is 4.98 Å². The van der Waals surface area contributed by atoms with Crippen LogP contribution >= 0.6 is 12.2 Å². The van der Waals surface area contributed by atoms with Gasteiger partial charge in [-0.15, -0.1) is 0 Å². The number of nitriles is 1. The highest BCUT2D eigenvalue weighted by atomic mass is 32.1. The van der Waals surface area contributed by atoms with E-state index in [1.807, 2.05) is 13.8 Å². The summed E-state index contributed by atoms with van der Waals surface area (Å²) in [4.78, 5) is 4.54. The van der Waals surface area contributed by atoms with Crippen LogP contribution in [0, 0.1) is 29.8 Å². The van der Waals surface area contributed by atoms with Gasteiger partial charge in [-0.05, 0) is 25.5 Å². The second-order valence-electron chi connectivity index (χ2n) is 5.84. The number of aryl methyl sites for hydroxylation is 1. The number of ether oxygens (including phenoxy) is 2. The summed E-state index contributed by atoms with van der Waals surface area (Å²) in [6, 6.07) is 3.93. The van der Waals surface area contributed by atoms with Gasteiger partial charge in [0.05, 0.1) is 42.5 Å². The summed E-state index contributed by atoms with van der Waals surface area (Å²) in [7, 11) is 3.12. The van der Waals surface area contributed by atoms with Gasteiger partial charge in [0.1, 0.15) is 22.2 Å². The van der Waals surface area contributed by atoms with Gasteiger partial charge in [0.15, 0.2) is 11.2 Å². The van der Waals surface area contributed by atoms with Crippen molar-refractivity contribution in [3.8, 4) is 28.8 Å². The number of pyridine rings is 1. The largest absolute Gasteiger partial charge is 0.495 e. The second-order valence-corrected chi connectivity index (χ2v) is 6.23. The first-order valence-electron chi connectivity index (χ1n) is 7.82. The first kappa shape index (κ1) is 16.4. The second kappa shape index (κ2) is 5.71. The lowest BCUT2D eigenvalue weighted by atomic mass is 9.96. The van der Waals surface area contributed by atoms with Crippen molar-refractivity contribution in [2.75, 3.05) is 14.2 Å². The van der Waals surface area contributed by atoms with Gasteiger partial charge >= 0.3 is 0 Å². The van der Waals surface area contributed by atoms with Gasteiger partial charge in [-0.3, -0.25) is 0 Å². The fourth-order valence-electron chi connectivity index (χ4n) is 3.45. The average molecular weight is 366 g/mol. The standard InChI is InChI=1S/C19H14N2O4S/c1-8-11(7-20)19(26)21-14-12(8)9(2)25-17-13(14)15(22-3)10-5-6-24-16(10)18(17)23-4/h5-6H,1-4H3. The van der Waals surface area contributed by atoms with Gasteiger partial charge in [-0.2, -0.15) is 5.26 Å². The van der Waals surface area contributed by atoms with Crippen molar-refractivity contribution < 1.29 is 18.3 Å². The average Bonchev–Trinajstić information content (AvgIpc) is 3.09. The third kappa shape index (κ3) is 1.96. The molecule has 2 aliphatic rings. The van der Waals surface area contributed by atoms with Crippen LogP contribution < -0.4 is 9.47 Å². The van der Waals surface area contributed by atoms with Crippen molar-refractivity contribution in [1.82, 2.24) is 4.98 Å². The van der Waals surface area contributed by atoms with Crippen molar-refractivity contribution >= 4 is 34.2 Å². The number of benzene rings is 1. The third-order valence-corrected chi connectivity index (χ3v) is 4.85. The molecule has 1 aromatic carbocycles. The highest BCUT2D eigenvalue weighted by Crippen LogP contribution is 2.48. The van der Waals surface area contributed by atoms with Gasteiger partial charge in [0.2, 0.25) is 5.75 Å². The van der Waals surface area contributed by atoms with E-state index in [1.54, 1.807) is 26.5 Å². The lowest BCUT2D eigenvalue weighted by Crippen LogP contribution is -2.02. The molecule has 2 aromatic rings. The van der Waals surface area contributed by atoms with Crippen molar-refractivity contribution in [2.45, 2.75) is 13.8 Å². The summed E-state index contributed by atoms with van der Waals surface area (Å²) in [5.41, 5.74) is 3.46. The van der Waals surface area contributed by atoms with Crippen LogP contribution in [0.1, 0.15) is 16.9 Å². The summed E-state index contributed by atoms with van der Waals surface area (Å²) in [5.74, 6) is 1.63. The molecular weight excluding hydrogens is 352 g/mol. The number of hydrogen-bond acceptors (Lipinski definition) is 7. The quantitative estimate of drug-likeness (QED) is 0.368. The van der Waals surface area contributed by atoms with Crippen LogP contribution in [0.2, 0.25) is 0 Å². The van der Waals surface area contributed by atoms with Crippen LogP contribution in [0.15, 0.2) is 21.2 Å². The van der Waals surface area contributed by atoms with Gasteiger partial charge in [0, 0.05) is 5.56 Å². The number of nitrogens with zero attached hydrogens (tertiary/aromatic N) is 2. The molecule has 0 N–H and O–H groups in total. The number of rotatable bonds is 2. The van der Waals surface area contributed by atoms with Gasteiger partial charge < -0.3 is 18.3 Å². The van der Waals surface area contributed by atoms with Crippen LogP contribution in [-0.2, 0) is 0 Å². The predicted molar refractivity (Wildman–Crippen MR) is 98.5 cm³/mol. The zero-order chi connectivity index (χ0) is 18.6. The van der Waals surface area contributed by atoms with E-state index in [9.17, 15) is 5.26 Å².